The number of hydrogen-bond acceptors (Lipinski definition) is 7. The van der Waals surface area contributed by atoms with Crippen LogP contribution >= 0.6 is 0 Å². The van der Waals surface area contributed by atoms with Gasteiger partial charge in [-0.1, -0.05) is 51.1 Å². The third-order valence-corrected chi connectivity index (χ3v) is 7.32. The first kappa shape index (κ1) is 24.6. The zero-order valence-electron chi connectivity index (χ0n) is 19.6. The highest BCUT2D eigenvalue weighted by Gasteiger charge is 2.57. The van der Waals surface area contributed by atoms with E-state index in [1.54, 1.807) is 37.3 Å². The lowest BCUT2D eigenvalue weighted by Crippen LogP contribution is -2.58. The zero-order valence-corrected chi connectivity index (χ0v) is 19.6. The average Bonchev–Trinajstić information content (AvgIpc) is 2.79. The van der Waals surface area contributed by atoms with Crippen LogP contribution < -0.4 is 5.32 Å². The standard InChI is InChI=1S/C25H32N2O6/c1-5-31-22(29)25(15-26,27-23(30)32-14-17-9-7-6-8-10-17)13-21(28)33-20-12-18-11-19(16(20)2)24(18,3)4/h6-10,16,18-20H,5,11-14H2,1-4H3,(H,27,30). The molecular formula is C25H32N2O6. The number of esters is 2. The summed E-state index contributed by atoms with van der Waals surface area (Å²) < 4.78 is 15.8. The Hall–Kier alpha value is -3.08. The van der Waals surface area contributed by atoms with Gasteiger partial charge in [0.05, 0.1) is 13.0 Å². The van der Waals surface area contributed by atoms with Crippen LogP contribution in [0.25, 0.3) is 0 Å². The normalized spacial score (nSPS) is 26.5. The molecule has 3 aliphatic rings. The summed E-state index contributed by atoms with van der Waals surface area (Å²) in [6.45, 7) is 8.06. The largest absolute Gasteiger partial charge is 0.463 e. The second-order valence-corrected chi connectivity index (χ2v) is 9.58. The number of nitrogens with zero attached hydrogens (tertiary/aromatic N) is 1. The molecule has 3 aliphatic carbocycles. The number of benzene rings is 1. The van der Waals surface area contributed by atoms with Gasteiger partial charge in [0.15, 0.2) is 0 Å². The van der Waals surface area contributed by atoms with E-state index in [2.05, 4.69) is 26.1 Å². The van der Waals surface area contributed by atoms with Gasteiger partial charge in [-0.05, 0) is 48.5 Å². The summed E-state index contributed by atoms with van der Waals surface area (Å²) in [6.07, 6.45) is -0.0672. The number of nitrogens with one attached hydrogen (secondary N) is 1. The van der Waals surface area contributed by atoms with Gasteiger partial charge >= 0.3 is 18.0 Å². The van der Waals surface area contributed by atoms with Crippen molar-refractivity contribution in [2.45, 2.75) is 65.2 Å². The highest BCUT2D eigenvalue weighted by atomic mass is 16.6. The maximum Gasteiger partial charge on any atom is 0.409 e. The highest BCUT2D eigenvalue weighted by molar-refractivity contribution is 5.93. The lowest BCUT2D eigenvalue weighted by atomic mass is 9.45. The number of carbonyl (C=O) groups excluding carboxylic acids is 3. The van der Waals surface area contributed by atoms with E-state index in [1.165, 1.54) is 0 Å². The third kappa shape index (κ3) is 5.13. The maximum absolute atomic E-state index is 12.8. The Balaban J connectivity index is 1.65. The van der Waals surface area contributed by atoms with Crippen LogP contribution in [-0.4, -0.2) is 36.3 Å². The molecule has 0 aromatic heterocycles. The molecule has 3 fully saturated rings. The fourth-order valence-corrected chi connectivity index (χ4v) is 5.15. The van der Waals surface area contributed by atoms with Gasteiger partial charge in [0.25, 0.3) is 0 Å². The Morgan fingerprint density at radius 1 is 1.18 bits per heavy atom. The van der Waals surface area contributed by atoms with Crippen molar-refractivity contribution >= 4 is 18.0 Å². The van der Waals surface area contributed by atoms with Crippen LogP contribution in [0.15, 0.2) is 30.3 Å². The fourth-order valence-electron chi connectivity index (χ4n) is 5.15. The van der Waals surface area contributed by atoms with Crippen molar-refractivity contribution in [1.29, 1.82) is 5.26 Å². The van der Waals surface area contributed by atoms with Crippen molar-refractivity contribution in [2.75, 3.05) is 6.61 Å². The first-order valence-corrected chi connectivity index (χ1v) is 11.4. The van der Waals surface area contributed by atoms with Crippen LogP contribution in [0.3, 0.4) is 0 Å². The number of amides is 1. The first-order chi connectivity index (χ1) is 15.6. The molecule has 8 nitrogen and oxygen atoms in total. The topological polar surface area (TPSA) is 115 Å². The number of alkyl carbamates (subject to hydrolysis) is 1. The van der Waals surface area contributed by atoms with Crippen LogP contribution in [0.2, 0.25) is 0 Å². The van der Waals surface area contributed by atoms with Crippen LogP contribution in [-0.2, 0) is 30.4 Å². The molecule has 2 bridgehead atoms. The number of rotatable bonds is 8. The fraction of sp³-hybridized carbons (Fsp3) is 0.600. The molecule has 0 saturated heterocycles. The van der Waals surface area contributed by atoms with Gasteiger partial charge in [-0.25, -0.2) is 9.59 Å². The molecule has 0 aliphatic heterocycles. The van der Waals surface area contributed by atoms with Gasteiger partial charge in [0.2, 0.25) is 5.54 Å². The highest BCUT2D eigenvalue weighted by Crippen LogP contribution is 2.61. The molecule has 1 N–H and O–H groups in total. The predicted octanol–water partition coefficient (Wildman–Crippen LogP) is 3.74. The first-order valence-electron chi connectivity index (χ1n) is 11.4. The van der Waals surface area contributed by atoms with E-state index in [-0.39, 0.29) is 30.7 Å². The van der Waals surface area contributed by atoms with Crippen LogP contribution in [0.1, 0.15) is 52.5 Å². The lowest BCUT2D eigenvalue weighted by molar-refractivity contribution is -0.187. The Morgan fingerprint density at radius 3 is 2.45 bits per heavy atom. The number of fused-ring (bicyclic) bond motifs is 2. The van der Waals surface area contributed by atoms with Gasteiger partial charge in [0, 0.05) is 0 Å². The van der Waals surface area contributed by atoms with E-state index in [0.717, 1.165) is 18.4 Å². The van der Waals surface area contributed by atoms with Crippen molar-refractivity contribution in [3.05, 3.63) is 35.9 Å². The summed E-state index contributed by atoms with van der Waals surface area (Å²) in [6, 6.07) is 10.7. The Bertz CT molecular complexity index is 925. The Labute approximate surface area is 194 Å². The van der Waals surface area contributed by atoms with Crippen molar-refractivity contribution in [2.24, 2.45) is 23.2 Å². The minimum Gasteiger partial charge on any atom is -0.463 e. The zero-order chi connectivity index (χ0) is 24.2. The van der Waals surface area contributed by atoms with E-state index in [0.29, 0.717) is 11.8 Å². The van der Waals surface area contributed by atoms with Gasteiger partial charge in [0.1, 0.15) is 18.8 Å². The quantitative estimate of drug-likeness (QED) is 0.468. The van der Waals surface area contributed by atoms with E-state index < -0.39 is 30.0 Å². The number of hydrogen-bond donors (Lipinski definition) is 1. The maximum atomic E-state index is 12.8. The number of carbonyl (C=O) groups is 3. The molecule has 5 unspecified atom stereocenters. The summed E-state index contributed by atoms with van der Waals surface area (Å²) in [5.74, 6) is -0.637. The second kappa shape index (κ2) is 9.82. The van der Waals surface area contributed by atoms with E-state index in [9.17, 15) is 19.6 Å². The van der Waals surface area contributed by atoms with Gasteiger partial charge in [-0.3, -0.25) is 10.1 Å². The Kier molecular flexibility index (Phi) is 7.31. The monoisotopic (exact) mass is 456 g/mol. The molecule has 1 aromatic rings. The van der Waals surface area contributed by atoms with Crippen LogP contribution in [0, 0.1) is 34.5 Å². The third-order valence-electron chi connectivity index (χ3n) is 7.32. The number of nitriles is 1. The molecule has 8 heteroatoms. The SMILES string of the molecule is CCOC(=O)C(C#N)(CC(=O)OC1CC2CC(C1C)C2(C)C)NC(=O)OCc1ccccc1. The number of ether oxygens (including phenoxy) is 3. The van der Waals surface area contributed by atoms with Gasteiger partial charge in [-0.15, -0.1) is 0 Å². The molecule has 1 amide bonds. The van der Waals surface area contributed by atoms with Crippen molar-refractivity contribution < 1.29 is 28.6 Å². The Morgan fingerprint density at radius 2 is 1.88 bits per heavy atom. The summed E-state index contributed by atoms with van der Waals surface area (Å²) in [5, 5.41) is 12.1. The summed E-state index contributed by atoms with van der Waals surface area (Å²) >= 11 is 0. The van der Waals surface area contributed by atoms with Crippen molar-refractivity contribution in [1.82, 2.24) is 5.32 Å². The molecule has 0 heterocycles. The average molecular weight is 457 g/mol. The van der Waals surface area contributed by atoms with Crippen molar-refractivity contribution in [3.8, 4) is 6.07 Å². The predicted molar refractivity (Wildman–Crippen MR) is 118 cm³/mol. The van der Waals surface area contributed by atoms with Crippen LogP contribution in [0.5, 0.6) is 0 Å². The molecule has 178 valence electrons. The molecule has 1 aromatic carbocycles. The molecule has 33 heavy (non-hydrogen) atoms. The summed E-state index contributed by atoms with van der Waals surface area (Å²) in [7, 11) is 0. The molecule has 3 saturated carbocycles. The van der Waals surface area contributed by atoms with E-state index in [4.69, 9.17) is 14.2 Å². The molecule has 0 spiro atoms. The van der Waals surface area contributed by atoms with E-state index in [1.807, 2.05) is 6.07 Å². The van der Waals surface area contributed by atoms with Crippen LogP contribution in [0.4, 0.5) is 4.79 Å². The van der Waals surface area contributed by atoms with Crippen molar-refractivity contribution in [3.63, 3.8) is 0 Å². The molecule has 0 radical (unpaired) electrons. The molecular weight excluding hydrogens is 424 g/mol. The minimum absolute atomic E-state index is 0.0177. The van der Waals surface area contributed by atoms with Gasteiger partial charge in [-0.2, -0.15) is 5.26 Å². The summed E-state index contributed by atoms with van der Waals surface area (Å²) in [5.41, 5.74) is -1.27. The molecule has 4 rings (SSSR count). The minimum atomic E-state index is -2.24. The summed E-state index contributed by atoms with van der Waals surface area (Å²) in [4.78, 5) is 37.8. The second-order valence-electron chi connectivity index (χ2n) is 9.58. The lowest BCUT2D eigenvalue weighted by Gasteiger charge is -2.61. The smallest absolute Gasteiger partial charge is 0.409 e. The molecule has 5 atom stereocenters. The van der Waals surface area contributed by atoms with E-state index >= 15 is 0 Å². The van der Waals surface area contributed by atoms with Gasteiger partial charge < -0.3 is 14.2 Å².